The molecule has 1 aromatic carbocycles. The van der Waals surface area contributed by atoms with Crippen LogP contribution in [-0.2, 0) is 6.42 Å². The number of aliphatic imine (C=N–C) groups is 1. The number of aliphatic hydroxyl groups excluding tert-OH is 1. The summed E-state index contributed by atoms with van der Waals surface area (Å²) in [6.45, 7) is 9.12. The maximum absolute atomic E-state index is 9.57. The lowest BCUT2D eigenvalue weighted by Gasteiger charge is -2.29. The van der Waals surface area contributed by atoms with E-state index in [-0.39, 0.29) is 30.1 Å². The monoisotopic (exact) mass is 488 g/mol. The minimum atomic E-state index is -0.0915. The summed E-state index contributed by atoms with van der Waals surface area (Å²) in [5.41, 5.74) is 1.38. The van der Waals surface area contributed by atoms with Gasteiger partial charge in [-0.2, -0.15) is 0 Å². The highest BCUT2D eigenvalue weighted by Crippen LogP contribution is 2.10. The second-order valence-corrected chi connectivity index (χ2v) is 7.26. The molecule has 1 fully saturated rings. The number of halogens is 1. The fraction of sp³-hybridized carbons (Fsp3) is 0.667. The van der Waals surface area contributed by atoms with Gasteiger partial charge in [-0.15, -0.1) is 24.0 Å². The summed E-state index contributed by atoms with van der Waals surface area (Å²) in [6, 6.07) is 11.0. The van der Waals surface area contributed by atoms with Gasteiger partial charge < -0.3 is 20.6 Å². The molecule has 27 heavy (non-hydrogen) atoms. The number of guanidine groups is 1. The average molecular weight is 488 g/mol. The van der Waals surface area contributed by atoms with Crippen LogP contribution in [0.15, 0.2) is 35.3 Å². The molecule has 1 saturated heterocycles. The zero-order valence-corrected chi connectivity index (χ0v) is 19.2. The van der Waals surface area contributed by atoms with Gasteiger partial charge in [-0.25, -0.2) is 0 Å². The number of hydrogen-bond donors (Lipinski definition) is 3. The zero-order chi connectivity index (χ0) is 18.6. The summed E-state index contributed by atoms with van der Waals surface area (Å²) in [5, 5.41) is 16.4. The summed E-state index contributed by atoms with van der Waals surface area (Å²) in [7, 11) is 0. The van der Waals surface area contributed by atoms with Crippen molar-refractivity contribution in [2.45, 2.75) is 58.1 Å². The number of likely N-dealkylation sites (tertiary alicyclic amines) is 1. The molecule has 0 bridgehead atoms. The Hall–Kier alpha value is -0.860. The number of aryl methyl sites for hydroxylation is 1. The molecule has 154 valence electrons. The van der Waals surface area contributed by atoms with Crippen LogP contribution in [0.2, 0.25) is 0 Å². The molecule has 0 radical (unpaired) electrons. The third-order valence-electron chi connectivity index (χ3n) is 4.90. The third-order valence-corrected chi connectivity index (χ3v) is 4.90. The molecular weight excluding hydrogens is 451 g/mol. The Morgan fingerprint density at radius 3 is 2.63 bits per heavy atom. The van der Waals surface area contributed by atoms with Crippen molar-refractivity contribution in [3.05, 3.63) is 35.9 Å². The highest BCUT2D eigenvalue weighted by atomic mass is 127. The molecule has 1 atom stereocenters. The van der Waals surface area contributed by atoms with Crippen molar-refractivity contribution in [2.24, 2.45) is 4.99 Å². The second-order valence-electron chi connectivity index (χ2n) is 7.26. The van der Waals surface area contributed by atoms with Gasteiger partial charge in [0.1, 0.15) is 0 Å². The van der Waals surface area contributed by atoms with Crippen LogP contribution in [-0.4, -0.2) is 60.8 Å². The second kappa shape index (κ2) is 14.2. The molecule has 0 aromatic heterocycles. The van der Waals surface area contributed by atoms with Crippen LogP contribution in [0, 0.1) is 0 Å². The summed E-state index contributed by atoms with van der Waals surface area (Å²) in [6.07, 6.45) is 4.95. The number of benzene rings is 1. The molecular formula is C21H37IN4O. The van der Waals surface area contributed by atoms with Crippen LogP contribution in [0.25, 0.3) is 0 Å². The van der Waals surface area contributed by atoms with E-state index in [2.05, 4.69) is 59.7 Å². The SMILES string of the molecule is CCNC(=NCCCN1CCC(O)CC1)NC(C)CCc1ccccc1.I. The Balaban J connectivity index is 0.00000364. The average Bonchev–Trinajstić information content (AvgIpc) is 2.66. The normalized spacial score (nSPS) is 17.2. The van der Waals surface area contributed by atoms with Gasteiger partial charge in [0.2, 0.25) is 0 Å². The Bertz CT molecular complexity index is 518. The van der Waals surface area contributed by atoms with Crippen LogP contribution < -0.4 is 10.6 Å². The lowest BCUT2D eigenvalue weighted by molar-refractivity contribution is 0.0824. The van der Waals surface area contributed by atoms with Crippen molar-refractivity contribution in [3.8, 4) is 0 Å². The lowest BCUT2D eigenvalue weighted by atomic mass is 10.1. The van der Waals surface area contributed by atoms with E-state index in [1.165, 1.54) is 5.56 Å². The standard InChI is InChI=1S/C21H36N4O.HI/c1-3-22-21(23-14-7-15-25-16-12-20(26)13-17-25)24-18(2)10-11-19-8-5-4-6-9-19;/h4-6,8-9,18,20,26H,3,7,10-17H2,1-2H3,(H2,22,23,24);1H. The van der Waals surface area contributed by atoms with Crippen LogP contribution in [0.4, 0.5) is 0 Å². The van der Waals surface area contributed by atoms with Crippen molar-refractivity contribution < 1.29 is 5.11 Å². The first-order valence-electron chi connectivity index (χ1n) is 10.2. The molecule has 0 spiro atoms. The van der Waals surface area contributed by atoms with Gasteiger partial charge in [-0.05, 0) is 58.1 Å². The molecule has 6 heteroatoms. The number of aliphatic hydroxyl groups is 1. The molecule has 1 heterocycles. The number of hydrogen-bond acceptors (Lipinski definition) is 3. The van der Waals surface area contributed by atoms with E-state index in [1.54, 1.807) is 0 Å². The van der Waals surface area contributed by atoms with Gasteiger partial charge in [0.15, 0.2) is 5.96 Å². The quantitative estimate of drug-likeness (QED) is 0.217. The first-order valence-corrected chi connectivity index (χ1v) is 10.2. The molecule has 3 N–H and O–H groups in total. The summed E-state index contributed by atoms with van der Waals surface area (Å²) in [5.74, 6) is 0.919. The topological polar surface area (TPSA) is 59.9 Å². The zero-order valence-electron chi connectivity index (χ0n) is 16.9. The van der Waals surface area contributed by atoms with Crippen LogP contribution in [0.5, 0.6) is 0 Å². The van der Waals surface area contributed by atoms with E-state index in [1.807, 2.05) is 0 Å². The Morgan fingerprint density at radius 1 is 1.26 bits per heavy atom. The van der Waals surface area contributed by atoms with Crippen molar-refractivity contribution in [3.63, 3.8) is 0 Å². The minimum absolute atomic E-state index is 0. The largest absolute Gasteiger partial charge is 0.393 e. The smallest absolute Gasteiger partial charge is 0.191 e. The van der Waals surface area contributed by atoms with Crippen LogP contribution >= 0.6 is 24.0 Å². The van der Waals surface area contributed by atoms with E-state index in [0.717, 1.165) is 70.8 Å². The highest BCUT2D eigenvalue weighted by molar-refractivity contribution is 14.0. The summed E-state index contributed by atoms with van der Waals surface area (Å²) < 4.78 is 0. The fourth-order valence-electron chi connectivity index (χ4n) is 3.28. The van der Waals surface area contributed by atoms with Gasteiger partial charge in [0.25, 0.3) is 0 Å². The van der Waals surface area contributed by atoms with E-state index >= 15 is 0 Å². The minimum Gasteiger partial charge on any atom is -0.393 e. The Labute approximate surface area is 182 Å². The van der Waals surface area contributed by atoms with Crippen molar-refractivity contribution >= 4 is 29.9 Å². The van der Waals surface area contributed by atoms with E-state index in [0.29, 0.717) is 6.04 Å². The van der Waals surface area contributed by atoms with Crippen LogP contribution in [0.1, 0.15) is 45.1 Å². The first-order chi connectivity index (χ1) is 12.7. The molecule has 0 saturated carbocycles. The van der Waals surface area contributed by atoms with Gasteiger partial charge in [0.05, 0.1) is 6.10 Å². The molecule has 1 aliphatic rings. The summed E-state index contributed by atoms with van der Waals surface area (Å²) in [4.78, 5) is 7.16. The lowest BCUT2D eigenvalue weighted by Crippen LogP contribution is -2.42. The number of piperidine rings is 1. The van der Waals surface area contributed by atoms with E-state index in [9.17, 15) is 5.11 Å². The van der Waals surface area contributed by atoms with Crippen LogP contribution in [0.3, 0.4) is 0 Å². The van der Waals surface area contributed by atoms with Crippen molar-refractivity contribution in [1.82, 2.24) is 15.5 Å². The Morgan fingerprint density at radius 2 is 1.96 bits per heavy atom. The summed E-state index contributed by atoms with van der Waals surface area (Å²) >= 11 is 0. The molecule has 0 amide bonds. The first kappa shape index (κ1) is 24.2. The molecule has 1 aromatic rings. The fourth-order valence-corrected chi connectivity index (χ4v) is 3.28. The third kappa shape index (κ3) is 10.3. The predicted octanol–water partition coefficient (Wildman–Crippen LogP) is 3.03. The molecule has 5 nitrogen and oxygen atoms in total. The van der Waals surface area contributed by atoms with Crippen molar-refractivity contribution in [1.29, 1.82) is 0 Å². The predicted molar refractivity (Wildman–Crippen MR) is 125 cm³/mol. The van der Waals surface area contributed by atoms with Gasteiger partial charge in [-0.3, -0.25) is 4.99 Å². The molecule has 2 rings (SSSR count). The van der Waals surface area contributed by atoms with Gasteiger partial charge in [-0.1, -0.05) is 30.3 Å². The maximum atomic E-state index is 9.57. The highest BCUT2D eigenvalue weighted by Gasteiger charge is 2.16. The molecule has 0 aliphatic carbocycles. The van der Waals surface area contributed by atoms with E-state index < -0.39 is 0 Å². The molecule has 1 aliphatic heterocycles. The molecule has 1 unspecified atom stereocenters. The number of nitrogens with one attached hydrogen (secondary N) is 2. The number of nitrogens with zero attached hydrogens (tertiary/aromatic N) is 2. The van der Waals surface area contributed by atoms with E-state index in [4.69, 9.17) is 4.99 Å². The van der Waals surface area contributed by atoms with Gasteiger partial charge >= 0.3 is 0 Å². The van der Waals surface area contributed by atoms with Crippen molar-refractivity contribution in [2.75, 3.05) is 32.7 Å². The maximum Gasteiger partial charge on any atom is 0.191 e. The Kier molecular flexibility index (Phi) is 12.7. The van der Waals surface area contributed by atoms with Gasteiger partial charge in [0, 0.05) is 32.2 Å². The number of rotatable bonds is 9.